The second-order valence-electron chi connectivity index (χ2n) is 7.89. The maximum Gasteiger partial charge on any atom is 0.336 e. The van der Waals surface area contributed by atoms with Gasteiger partial charge in [0.2, 0.25) is 0 Å². The molecule has 0 radical (unpaired) electrons. The van der Waals surface area contributed by atoms with Crippen LogP contribution in [-0.2, 0) is 38.0 Å². The number of nitrogens with one attached hydrogen (secondary N) is 1. The minimum absolute atomic E-state index is 0.199. The van der Waals surface area contributed by atoms with Gasteiger partial charge in [-0.1, -0.05) is 0 Å². The molecular weight excluding hydrogens is 394 g/mol. The number of hydrogen-bond donors (Lipinski definition) is 1. The van der Waals surface area contributed by atoms with Gasteiger partial charge >= 0.3 is 11.9 Å². The third-order valence-electron chi connectivity index (χ3n) is 5.42. The maximum absolute atomic E-state index is 12.9. The highest BCUT2D eigenvalue weighted by atomic mass is 16.8. The quantitative estimate of drug-likeness (QED) is 0.638. The van der Waals surface area contributed by atoms with Gasteiger partial charge in [0.05, 0.1) is 30.3 Å². The molecule has 3 rings (SSSR count). The van der Waals surface area contributed by atoms with Crippen LogP contribution in [0, 0.1) is 5.92 Å². The first kappa shape index (κ1) is 22.7. The highest BCUT2D eigenvalue weighted by Gasteiger charge is 2.59. The molecule has 9 nitrogen and oxygen atoms in total. The number of methoxy groups -OCH3 is 1. The number of esters is 2. The zero-order valence-corrected chi connectivity index (χ0v) is 18.6. The number of carbonyl (C=O) groups is 2. The van der Waals surface area contributed by atoms with Crippen LogP contribution < -0.4 is 5.32 Å². The Morgan fingerprint density at radius 2 is 1.50 bits per heavy atom. The molecule has 0 spiro atoms. The van der Waals surface area contributed by atoms with Crippen molar-refractivity contribution >= 4 is 11.9 Å². The summed E-state index contributed by atoms with van der Waals surface area (Å²) in [7, 11) is 1.54. The average molecular weight is 425 g/mol. The molecule has 4 atom stereocenters. The summed E-state index contributed by atoms with van der Waals surface area (Å²) in [5.74, 6) is -2.65. The Morgan fingerprint density at radius 3 is 1.97 bits per heavy atom. The van der Waals surface area contributed by atoms with Crippen molar-refractivity contribution in [3.8, 4) is 0 Å². The molecule has 1 unspecified atom stereocenters. The van der Waals surface area contributed by atoms with Crippen LogP contribution in [0.1, 0.15) is 41.5 Å². The van der Waals surface area contributed by atoms with Crippen LogP contribution in [0.3, 0.4) is 0 Å². The topological polar surface area (TPSA) is 102 Å². The summed E-state index contributed by atoms with van der Waals surface area (Å²) in [6.07, 6.45) is -2.48. The van der Waals surface area contributed by atoms with E-state index in [1.807, 2.05) is 0 Å². The molecule has 0 aromatic heterocycles. The number of rotatable bonds is 6. The van der Waals surface area contributed by atoms with E-state index in [2.05, 4.69) is 5.32 Å². The monoisotopic (exact) mass is 425 g/mol. The average Bonchev–Trinajstić information content (AvgIpc) is 3.12. The fourth-order valence-corrected chi connectivity index (χ4v) is 4.37. The van der Waals surface area contributed by atoms with Gasteiger partial charge < -0.3 is 33.7 Å². The predicted octanol–water partition coefficient (Wildman–Crippen LogP) is 1.77. The van der Waals surface area contributed by atoms with Crippen LogP contribution in [-0.4, -0.2) is 62.7 Å². The molecule has 3 heterocycles. The third kappa shape index (κ3) is 3.99. The lowest BCUT2D eigenvalue weighted by molar-refractivity contribution is -0.220. The molecule has 2 saturated heterocycles. The highest BCUT2D eigenvalue weighted by molar-refractivity contribution is 5.98. The van der Waals surface area contributed by atoms with E-state index in [1.54, 1.807) is 48.7 Å². The Kier molecular flexibility index (Phi) is 6.57. The van der Waals surface area contributed by atoms with Crippen LogP contribution in [0.5, 0.6) is 0 Å². The van der Waals surface area contributed by atoms with E-state index >= 15 is 0 Å². The first-order valence-electron chi connectivity index (χ1n) is 10.2. The molecule has 1 N–H and O–H groups in total. The van der Waals surface area contributed by atoms with Crippen molar-refractivity contribution in [2.45, 2.75) is 71.9 Å². The Balaban J connectivity index is 2.06. The van der Waals surface area contributed by atoms with Crippen LogP contribution in [0.2, 0.25) is 0 Å². The summed E-state index contributed by atoms with van der Waals surface area (Å²) >= 11 is 0. The molecule has 0 aliphatic carbocycles. The lowest BCUT2D eigenvalue weighted by Gasteiger charge is -2.36. The van der Waals surface area contributed by atoms with E-state index < -0.39 is 48.2 Å². The number of ether oxygens (including phenoxy) is 6. The van der Waals surface area contributed by atoms with Crippen LogP contribution in [0.25, 0.3) is 0 Å². The van der Waals surface area contributed by atoms with E-state index in [0.29, 0.717) is 22.5 Å². The van der Waals surface area contributed by atoms with Crippen molar-refractivity contribution in [1.82, 2.24) is 5.32 Å². The summed E-state index contributed by atoms with van der Waals surface area (Å²) < 4.78 is 34.4. The molecule has 0 saturated carbocycles. The molecular formula is C21H31NO8. The molecule has 0 bridgehead atoms. The van der Waals surface area contributed by atoms with Crippen molar-refractivity contribution < 1.29 is 38.0 Å². The van der Waals surface area contributed by atoms with Crippen molar-refractivity contribution in [3.05, 3.63) is 22.5 Å². The molecule has 0 aromatic carbocycles. The first-order valence-corrected chi connectivity index (χ1v) is 10.2. The molecule has 9 heteroatoms. The Labute approximate surface area is 176 Å². The van der Waals surface area contributed by atoms with E-state index in [9.17, 15) is 9.59 Å². The fraction of sp³-hybridized carbons (Fsp3) is 0.714. The first-order chi connectivity index (χ1) is 14.1. The summed E-state index contributed by atoms with van der Waals surface area (Å²) in [5, 5.41) is 3.11. The van der Waals surface area contributed by atoms with Gasteiger partial charge in [-0.15, -0.1) is 0 Å². The second kappa shape index (κ2) is 8.66. The lowest BCUT2D eigenvalue weighted by Crippen LogP contribution is -2.46. The number of fused-ring (bicyclic) bond motifs is 1. The zero-order valence-electron chi connectivity index (χ0n) is 18.6. The SMILES string of the molecule is CCOC(=O)C1=C(C)NC(C)=C(C(=O)OCC)C1C1O[C@@H]2OC(C)(C)O[C@@H]2[C@H]1OC. The van der Waals surface area contributed by atoms with Gasteiger partial charge in [-0.05, 0) is 41.5 Å². The van der Waals surface area contributed by atoms with Gasteiger partial charge in [-0.2, -0.15) is 0 Å². The molecule has 2 fully saturated rings. The summed E-state index contributed by atoms with van der Waals surface area (Å²) in [5.41, 5.74) is 1.77. The Morgan fingerprint density at radius 1 is 0.967 bits per heavy atom. The van der Waals surface area contributed by atoms with Gasteiger partial charge in [-0.3, -0.25) is 0 Å². The van der Waals surface area contributed by atoms with E-state index in [4.69, 9.17) is 28.4 Å². The Hall–Kier alpha value is -1.94. The smallest absolute Gasteiger partial charge is 0.336 e. The van der Waals surface area contributed by atoms with Crippen molar-refractivity contribution in [2.24, 2.45) is 5.92 Å². The summed E-state index contributed by atoms with van der Waals surface area (Å²) in [4.78, 5) is 25.8. The number of hydrogen-bond acceptors (Lipinski definition) is 9. The number of allylic oxidation sites excluding steroid dienone is 2. The van der Waals surface area contributed by atoms with Gasteiger partial charge in [0, 0.05) is 18.5 Å². The molecule has 3 aliphatic rings. The normalized spacial score (nSPS) is 30.9. The third-order valence-corrected chi connectivity index (χ3v) is 5.42. The van der Waals surface area contributed by atoms with Gasteiger partial charge in [0.15, 0.2) is 12.1 Å². The van der Waals surface area contributed by atoms with Crippen molar-refractivity contribution in [1.29, 1.82) is 0 Å². The highest BCUT2D eigenvalue weighted by Crippen LogP contribution is 2.45. The second-order valence-corrected chi connectivity index (χ2v) is 7.89. The molecule has 168 valence electrons. The lowest BCUT2D eigenvalue weighted by atomic mass is 9.79. The molecule has 0 amide bonds. The van der Waals surface area contributed by atoms with E-state index in [1.165, 1.54) is 0 Å². The number of carbonyl (C=O) groups excluding carboxylic acids is 2. The van der Waals surface area contributed by atoms with E-state index in [-0.39, 0.29) is 13.2 Å². The van der Waals surface area contributed by atoms with Crippen LogP contribution in [0.15, 0.2) is 22.5 Å². The van der Waals surface area contributed by atoms with E-state index in [0.717, 1.165) is 0 Å². The van der Waals surface area contributed by atoms with Crippen molar-refractivity contribution in [2.75, 3.05) is 20.3 Å². The largest absolute Gasteiger partial charge is 0.463 e. The minimum Gasteiger partial charge on any atom is -0.463 e. The fourth-order valence-electron chi connectivity index (χ4n) is 4.37. The summed E-state index contributed by atoms with van der Waals surface area (Å²) in [6, 6.07) is 0. The minimum atomic E-state index is -0.823. The zero-order chi connectivity index (χ0) is 22.2. The molecule has 0 aromatic rings. The maximum atomic E-state index is 12.9. The van der Waals surface area contributed by atoms with Crippen LogP contribution in [0.4, 0.5) is 0 Å². The summed E-state index contributed by atoms with van der Waals surface area (Å²) in [6.45, 7) is 11.0. The van der Waals surface area contributed by atoms with Gasteiger partial charge in [0.25, 0.3) is 0 Å². The standard InChI is InChI=1S/C21H31NO8/c1-8-26-18(23)12-10(3)22-11(4)13(19(24)27-9-2)14(12)15-16(25-7)17-20(28-15)30-21(5,6)29-17/h14-17,20,22H,8-9H2,1-7H3/t15?,16-,17+,20+/m0/s1. The molecule has 3 aliphatic heterocycles. The predicted molar refractivity (Wildman–Crippen MR) is 105 cm³/mol. The number of dihydropyridines is 1. The Bertz CT molecular complexity index is 731. The van der Waals surface area contributed by atoms with Crippen LogP contribution >= 0.6 is 0 Å². The van der Waals surface area contributed by atoms with Gasteiger partial charge in [-0.25, -0.2) is 9.59 Å². The van der Waals surface area contributed by atoms with Gasteiger partial charge in [0.1, 0.15) is 18.3 Å². The van der Waals surface area contributed by atoms with Crippen molar-refractivity contribution in [3.63, 3.8) is 0 Å². The molecule has 30 heavy (non-hydrogen) atoms.